The smallest absolute Gasteiger partial charge is 0.127 e. The van der Waals surface area contributed by atoms with E-state index in [0.29, 0.717) is 18.0 Å². The van der Waals surface area contributed by atoms with Crippen LogP contribution in [0.1, 0.15) is 17.0 Å². The van der Waals surface area contributed by atoms with Gasteiger partial charge in [-0.25, -0.2) is 4.98 Å². The van der Waals surface area contributed by atoms with Crippen molar-refractivity contribution >= 4 is 17.3 Å². The van der Waals surface area contributed by atoms with Crippen LogP contribution < -0.4 is 4.90 Å². The van der Waals surface area contributed by atoms with E-state index in [2.05, 4.69) is 11.1 Å². The highest BCUT2D eigenvalue weighted by Crippen LogP contribution is 2.22. The molecule has 4 nitrogen and oxygen atoms in total. The fraction of sp³-hybridized carbons (Fsp3) is 0.286. The number of halogens is 1. The molecule has 1 heterocycles. The van der Waals surface area contributed by atoms with Gasteiger partial charge in [0.05, 0.1) is 17.8 Å². The third-order valence-corrected chi connectivity index (χ3v) is 3.36. The molecule has 0 aliphatic rings. The Morgan fingerprint density at radius 2 is 2.26 bits per heavy atom. The molecule has 0 aliphatic carbocycles. The molecule has 0 bridgehead atoms. The van der Waals surface area contributed by atoms with E-state index in [9.17, 15) is 5.26 Å². The summed E-state index contributed by atoms with van der Waals surface area (Å²) in [4.78, 5) is 6.30. The van der Waals surface area contributed by atoms with E-state index in [1.165, 1.54) is 0 Å². The first-order valence-corrected chi connectivity index (χ1v) is 6.45. The molecule has 2 rings (SSSR count). The third-order valence-electron chi connectivity index (χ3n) is 3.05. The van der Waals surface area contributed by atoms with E-state index in [-0.39, 0.29) is 0 Å². The average Bonchev–Trinajstić information content (AvgIpc) is 2.83. The van der Waals surface area contributed by atoms with Gasteiger partial charge in [0.1, 0.15) is 11.9 Å². The summed E-state index contributed by atoms with van der Waals surface area (Å²) in [5.74, 6) is 1.37. The molecule has 0 unspecified atom stereocenters. The van der Waals surface area contributed by atoms with E-state index in [0.717, 1.165) is 17.1 Å². The highest BCUT2D eigenvalue weighted by Gasteiger charge is 2.10. The molecular formula is C14H15ClN4. The molecule has 98 valence electrons. The molecule has 2 aromatic rings. The molecule has 0 fully saturated rings. The highest BCUT2D eigenvalue weighted by molar-refractivity contribution is 6.17. The van der Waals surface area contributed by atoms with Crippen LogP contribution in [0.25, 0.3) is 0 Å². The number of aryl methyl sites for hydroxylation is 1. The second-order valence-electron chi connectivity index (χ2n) is 4.41. The predicted molar refractivity (Wildman–Crippen MR) is 76.0 cm³/mol. The van der Waals surface area contributed by atoms with Crippen molar-refractivity contribution in [2.75, 3.05) is 11.9 Å². The Morgan fingerprint density at radius 1 is 1.47 bits per heavy atom. The van der Waals surface area contributed by atoms with Crippen LogP contribution in [-0.2, 0) is 19.5 Å². The largest absolute Gasteiger partial charge is 0.366 e. The van der Waals surface area contributed by atoms with E-state index in [4.69, 9.17) is 11.6 Å². The van der Waals surface area contributed by atoms with Crippen molar-refractivity contribution in [1.29, 1.82) is 5.26 Å². The van der Waals surface area contributed by atoms with Crippen LogP contribution in [0.3, 0.4) is 0 Å². The Balaban J connectivity index is 2.26. The number of hydrogen-bond acceptors (Lipinski definition) is 3. The zero-order valence-electron chi connectivity index (χ0n) is 11.0. The molecule has 0 N–H and O–H groups in total. The lowest BCUT2D eigenvalue weighted by Gasteiger charge is -2.20. The number of nitrogens with zero attached hydrogens (tertiary/aromatic N) is 4. The number of rotatable bonds is 4. The number of aromatic nitrogens is 2. The molecule has 1 aromatic carbocycles. The number of alkyl halides is 1. The number of imidazole rings is 1. The van der Waals surface area contributed by atoms with E-state index >= 15 is 0 Å². The first-order chi connectivity index (χ1) is 9.15. The van der Waals surface area contributed by atoms with Crippen molar-refractivity contribution in [3.05, 3.63) is 47.5 Å². The summed E-state index contributed by atoms with van der Waals surface area (Å²) in [6.45, 7) is 0.651. The van der Waals surface area contributed by atoms with Crippen LogP contribution in [-0.4, -0.2) is 16.6 Å². The summed E-state index contributed by atoms with van der Waals surface area (Å²) in [5, 5.41) is 9.23. The Morgan fingerprint density at radius 3 is 2.84 bits per heavy atom. The van der Waals surface area contributed by atoms with Crippen molar-refractivity contribution < 1.29 is 0 Å². The number of hydrogen-bond donors (Lipinski definition) is 0. The maximum atomic E-state index is 9.23. The lowest BCUT2D eigenvalue weighted by Crippen LogP contribution is -2.20. The van der Waals surface area contributed by atoms with Crippen LogP contribution in [0.5, 0.6) is 0 Å². The zero-order chi connectivity index (χ0) is 13.8. The summed E-state index contributed by atoms with van der Waals surface area (Å²) in [7, 11) is 3.91. The molecule has 0 spiro atoms. The van der Waals surface area contributed by atoms with Crippen LogP contribution in [0.15, 0.2) is 30.6 Å². The number of nitriles is 1. The topological polar surface area (TPSA) is 44.9 Å². The molecule has 0 saturated heterocycles. The van der Waals surface area contributed by atoms with Crippen molar-refractivity contribution in [2.24, 2.45) is 7.05 Å². The van der Waals surface area contributed by atoms with Gasteiger partial charge in [-0.05, 0) is 17.7 Å². The predicted octanol–water partition coefficient (Wildman–Crippen LogP) is 2.67. The Hall–Kier alpha value is -1.99. The maximum absolute atomic E-state index is 9.23. The fourth-order valence-electron chi connectivity index (χ4n) is 1.93. The van der Waals surface area contributed by atoms with Gasteiger partial charge < -0.3 is 9.47 Å². The summed E-state index contributed by atoms with van der Waals surface area (Å²) >= 11 is 5.79. The van der Waals surface area contributed by atoms with Crippen molar-refractivity contribution in [3.8, 4) is 6.07 Å². The van der Waals surface area contributed by atoms with Gasteiger partial charge in [-0.2, -0.15) is 5.26 Å². The molecular weight excluding hydrogens is 260 g/mol. The minimum Gasteiger partial charge on any atom is -0.366 e. The van der Waals surface area contributed by atoms with Crippen molar-refractivity contribution in [1.82, 2.24) is 9.55 Å². The lowest BCUT2D eigenvalue weighted by atomic mass is 10.1. The van der Waals surface area contributed by atoms with E-state index < -0.39 is 0 Å². The lowest BCUT2D eigenvalue weighted by molar-refractivity contribution is 0.761. The molecule has 0 amide bonds. The first-order valence-electron chi connectivity index (χ1n) is 5.92. The first kappa shape index (κ1) is 13.4. The number of anilines is 1. The van der Waals surface area contributed by atoms with Gasteiger partial charge in [0, 0.05) is 32.4 Å². The fourth-order valence-corrected chi connectivity index (χ4v) is 2.10. The van der Waals surface area contributed by atoms with Crippen LogP contribution >= 0.6 is 11.6 Å². The van der Waals surface area contributed by atoms with Crippen molar-refractivity contribution in [2.45, 2.75) is 12.4 Å². The normalized spacial score (nSPS) is 10.2. The standard InChI is InChI=1S/C14H15ClN4/c1-18-6-5-17-14(18)10-19(2)13-4-3-11(8-15)7-12(13)9-16/h3-7H,8,10H2,1-2H3. The molecule has 1 aromatic heterocycles. The van der Waals surface area contributed by atoms with Crippen LogP contribution in [0, 0.1) is 11.3 Å². The zero-order valence-corrected chi connectivity index (χ0v) is 11.7. The van der Waals surface area contributed by atoms with Gasteiger partial charge in [0.2, 0.25) is 0 Å². The quantitative estimate of drug-likeness (QED) is 0.805. The van der Waals surface area contributed by atoms with Crippen LogP contribution in [0.4, 0.5) is 5.69 Å². The summed E-state index contributed by atoms with van der Waals surface area (Å²) in [6, 6.07) is 7.92. The Kier molecular flexibility index (Phi) is 4.08. The van der Waals surface area contributed by atoms with E-state index in [1.54, 1.807) is 6.20 Å². The van der Waals surface area contributed by atoms with Gasteiger partial charge in [0.25, 0.3) is 0 Å². The second-order valence-corrected chi connectivity index (χ2v) is 4.67. The monoisotopic (exact) mass is 274 g/mol. The molecule has 0 radical (unpaired) electrons. The second kappa shape index (κ2) is 5.77. The minimum atomic E-state index is 0.415. The van der Waals surface area contributed by atoms with Gasteiger partial charge in [-0.1, -0.05) is 6.07 Å². The number of benzene rings is 1. The van der Waals surface area contributed by atoms with Gasteiger partial charge in [-0.3, -0.25) is 0 Å². The summed E-state index contributed by atoms with van der Waals surface area (Å²) in [6.07, 6.45) is 3.68. The van der Waals surface area contributed by atoms with Gasteiger partial charge in [-0.15, -0.1) is 11.6 Å². The third kappa shape index (κ3) is 2.88. The summed E-state index contributed by atoms with van der Waals surface area (Å²) < 4.78 is 1.97. The average molecular weight is 275 g/mol. The van der Waals surface area contributed by atoms with Crippen LogP contribution in [0.2, 0.25) is 0 Å². The minimum absolute atomic E-state index is 0.415. The summed E-state index contributed by atoms with van der Waals surface area (Å²) in [5.41, 5.74) is 2.47. The van der Waals surface area contributed by atoms with E-state index in [1.807, 2.05) is 48.0 Å². The van der Waals surface area contributed by atoms with Crippen molar-refractivity contribution in [3.63, 3.8) is 0 Å². The Labute approximate surface area is 117 Å². The molecule has 0 aliphatic heterocycles. The molecule has 5 heteroatoms. The van der Waals surface area contributed by atoms with Gasteiger partial charge >= 0.3 is 0 Å². The highest BCUT2D eigenvalue weighted by atomic mass is 35.5. The maximum Gasteiger partial charge on any atom is 0.127 e. The molecule has 0 atom stereocenters. The SMILES string of the molecule is CN(Cc1nccn1C)c1ccc(CCl)cc1C#N. The molecule has 0 saturated carbocycles. The molecule has 19 heavy (non-hydrogen) atoms. The van der Waals surface area contributed by atoms with Gasteiger partial charge in [0.15, 0.2) is 0 Å². The Bertz CT molecular complexity index is 612.